The van der Waals surface area contributed by atoms with Gasteiger partial charge in [-0.15, -0.1) is 0 Å². The predicted octanol–water partition coefficient (Wildman–Crippen LogP) is 4.61. The molecule has 3 aromatic rings. The molecular formula is C18H17N7O2. The van der Waals surface area contributed by atoms with Crippen molar-refractivity contribution in [2.24, 2.45) is 10.2 Å². The molecule has 0 amide bonds. The first-order valence-electron chi connectivity index (χ1n) is 8.05. The molecule has 0 saturated carbocycles. The Morgan fingerprint density at radius 3 is 2.19 bits per heavy atom. The summed E-state index contributed by atoms with van der Waals surface area (Å²) in [5, 5.41) is 22.7. The number of nitrogens with one attached hydrogen (secondary N) is 1. The van der Waals surface area contributed by atoms with Gasteiger partial charge in [-0.1, -0.05) is 18.2 Å². The molecule has 1 aromatic heterocycles. The molecule has 136 valence electrons. The number of anilines is 3. The van der Waals surface area contributed by atoms with Gasteiger partial charge in [-0.3, -0.25) is 10.1 Å². The summed E-state index contributed by atoms with van der Waals surface area (Å²) < 4.78 is 0. The van der Waals surface area contributed by atoms with Crippen LogP contribution in [0.3, 0.4) is 0 Å². The van der Waals surface area contributed by atoms with Crippen molar-refractivity contribution in [3.63, 3.8) is 0 Å². The lowest BCUT2D eigenvalue weighted by Gasteiger charge is -2.13. The summed E-state index contributed by atoms with van der Waals surface area (Å²) in [6, 6.07) is 16.4. The number of aromatic nitrogens is 2. The Labute approximate surface area is 155 Å². The molecule has 3 rings (SSSR count). The third-order valence-corrected chi connectivity index (χ3v) is 3.58. The van der Waals surface area contributed by atoms with E-state index in [1.54, 1.807) is 43.3 Å². The molecule has 0 atom stereocenters. The summed E-state index contributed by atoms with van der Waals surface area (Å²) in [6.07, 6.45) is 1.28. The Hall–Kier alpha value is -3.88. The summed E-state index contributed by atoms with van der Waals surface area (Å²) in [4.78, 5) is 20.5. The molecule has 0 saturated heterocycles. The van der Waals surface area contributed by atoms with Gasteiger partial charge in [0.15, 0.2) is 0 Å². The van der Waals surface area contributed by atoms with E-state index in [1.807, 2.05) is 30.3 Å². The first kappa shape index (κ1) is 17.9. The van der Waals surface area contributed by atoms with Crippen LogP contribution in [0, 0.1) is 10.1 Å². The Kier molecular flexibility index (Phi) is 5.31. The zero-order valence-electron chi connectivity index (χ0n) is 14.8. The highest BCUT2D eigenvalue weighted by atomic mass is 16.6. The van der Waals surface area contributed by atoms with Gasteiger partial charge in [-0.05, 0) is 36.4 Å². The molecule has 1 heterocycles. The van der Waals surface area contributed by atoms with Crippen molar-refractivity contribution in [1.29, 1.82) is 0 Å². The van der Waals surface area contributed by atoms with Crippen LogP contribution in [0.2, 0.25) is 0 Å². The monoisotopic (exact) mass is 363 g/mol. The van der Waals surface area contributed by atoms with E-state index in [1.165, 1.54) is 6.33 Å². The van der Waals surface area contributed by atoms with Crippen LogP contribution in [0.5, 0.6) is 0 Å². The van der Waals surface area contributed by atoms with Crippen molar-refractivity contribution in [1.82, 2.24) is 9.97 Å². The molecule has 0 radical (unpaired) electrons. The summed E-state index contributed by atoms with van der Waals surface area (Å²) >= 11 is 0. The van der Waals surface area contributed by atoms with Gasteiger partial charge in [0.05, 0.1) is 16.3 Å². The van der Waals surface area contributed by atoms with Gasteiger partial charge in [-0.25, -0.2) is 9.97 Å². The lowest BCUT2D eigenvalue weighted by atomic mass is 10.3. The SMILES string of the molecule is CN(C)c1ncnc(Nc2ccc(N=Nc3ccccc3)cc2)c1[N+](=O)[O-]. The van der Waals surface area contributed by atoms with Crippen molar-refractivity contribution < 1.29 is 4.92 Å². The highest BCUT2D eigenvalue weighted by Crippen LogP contribution is 2.32. The number of nitro groups is 1. The average Bonchev–Trinajstić information content (AvgIpc) is 2.68. The molecule has 0 fully saturated rings. The topological polar surface area (TPSA) is 109 Å². The van der Waals surface area contributed by atoms with Crippen LogP contribution in [0.4, 0.5) is 34.4 Å². The molecule has 0 spiro atoms. The first-order chi connectivity index (χ1) is 13.0. The summed E-state index contributed by atoms with van der Waals surface area (Å²) in [7, 11) is 3.37. The fourth-order valence-corrected chi connectivity index (χ4v) is 2.31. The average molecular weight is 363 g/mol. The number of nitrogens with zero attached hydrogens (tertiary/aromatic N) is 6. The molecule has 0 unspecified atom stereocenters. The molecule has 27 heavy (non-hydrogen) atoms. The molecule has 0 bridgehead atoms. The van der Waals surface area contributed by atoms with Crippen molar-refractivity contribution in [3.05, 3.63) is 71.0 Å². The standard InChI is InChI=1S/C18H17N7O2/c1-24(2)18-16(25(26)27)17(19-12-20-18)21-13-8-10-15(11-9-13)23-22-14-6-4-3-5-7-14/h3-12H,1-2H3,(H,19,20,21). The van der Waals surface area contributed by atoms with Crippen molar-refractivity contribution in [2.75, 3.05) is 24.3 Å². The summed E-state index contributed by atoms with van der Waals surface area (Å²) in [5.41, 5.74) is 1.87. The second-order valence-electron chi connectivity index (χ2n) is 5.75. The predicted molar refractivity (Wildman–Crippen MR) is 103 cm³/mol. The number of azo groups is 1. The fraction of sp³-hybridized carbons (Fsp3) is 0.111. The molecule has 0 aliphatic carbocycles. The van der Waals surface area contributed by atoms with Gasteiger partial charge in [0.2, 0.25) is 11.6 Å². The highest BCUT2D eigenvalue weighted by molar-refractivity contribution is 5.74. The van der Waals surface area contributed by atoms with Crippen LogP contribution < -0.4 is 10.2 Å². The van der Waals surface area contributed by atoms with Gasteiger partial charge in [-0.2, -0.15) is 10.2 Å². The lowest BCUT2D eigenvalue weighted by Crippen LogP contribution is -2.14. The highest BCUT2D eigenvalue weighted by Gasteiger charge is 2.24. The Balaban J connectivity index is 1.80. The quantitative estimate of drug-likeness (QED) is 0.389. The minimum absolute atomic E-state index is 0.123. The maximum Gasteiger partial charge on any atom is 0.353 e. The summed E-state index contributed by atoms with van der Waals surface area (Å²) in [5.74, 6) is 0.350. The van der Waals surface area contributed by atoms with Crippen LogP contribution in [0.25, 0.3) is 0 Å². The van der Waals surface area contributed by atoms with Gasteiger partial charge < -0.3 is 10.2 Å². The largest absolute Gasteiger partial charge is 0.357 e. The number of benzene rings is 2. The van der Waals surface area contributed by atoms with Crippen LogP contribution >= 0.6 is 0 Å². The van der Waals surface area contributed by atoms with Crippen LogP contribution in [-0.2, 0) is 0 Å². The van der Waals surface area contributed by atoms with Gasteiger partial charge >= 0.3 is 5.69 Å². The number of hydrogen-bond acceptors (Lipinski definition) is 8. The smallest absolute Gasteiger partial charge is 0.353 e. The van der Waals surface area contributed by atoms with E-state index >= 15 is 0 Å². The molecule has 9 heteroatoms. The van der Waals surface area contributed by atoms with E-state index in [0.29, 0.717) is 11.4 Å². The normalized spacial score (nSPS) is 10.7. The minimum Gasteiger partial charge on any atom is -0.357 e. The minimum atomic E-state index is -0.500. The van der Waals surface area contributed by atoms with E-state index in [0.717, 1.165) is 5.69 Å². The zero-order valence-corrected chi connectivity index (χ0v) is 14.8. The third kappa shape index (κ3) is 4.40. The second-order valence-corrected chi connectivity index (χ2v) is 5.75. The van der Waals surface area contributed by atoms with Crippen molar-refractivity contribution in [2.45, 2.75) is 0 Å². The fourth-order valence-electron chi connectivity index (χ4n) is 2.31. The van der Waals surface area contributed by atoms with E-state index in [4.69, 9.17) is 0 Å². The molecular weight excluding hydrogens is 346 g/mol. The van der Waals surface area contributed by atoms with E-state index in [-0.39, 0.29) is 17.3 Å². The van der Waals surface area contributed by atoms with Crippen LogP contribution in [-0.4, -0.2) is 29.0 Å². The maximum absolute atomic E-state index is 11.4. The first-order valence-corrected chi connectivity index (χ1v) is 8.05. The molecule has 1 N–H and O–H groups in total. The van der Waals surface area contributed by atoms with Gasteiger partial charge in [0.25, 0.3) is 0 Å². The Morgan fingerprint density at radius 2 is 1.59 bits per heavy atom. The molecule has 9 nitrogen and oxygen atoms in total. The lowest BCUT2D eigenvalue weighted by molar-refractivity contribution is -0.383. The second kappa shape index (κ2) is 8.00. The molecule has 2 aromatic carbocycles. The number of rotatable bonds is 6. The van der Waals surface area contributed by atoms with E-state index in [2.05, 4.69) is 25.5 Å². The summed E-state index contributed by atoms with van der Waals surface area (Å²) in [6.45, 7) is 0. The maximum atomic E-state index is 11.4. The van der Waals surface area contributed by atoms with Crippen LogP contribution in [0.15, 0.2) is 71.2 Å². The van der Waals surface area contributed by atoms with Crippen molar-refractivity contribution >= 4 is 34.4 Å². The van der Waals surface area contributed by atoms with E-state index < -0.39 is 4.92 Å². The van der Waals surface area contributed by atoms with Crippen LogP contribution in [0.1, 0.15) is 0 Å². The van der Waals surface area contributed by atoms with E-state index in [9.17, 15) is 10.1 Å². The zero-order chi connectivity index (χ0) is 19.2. The Bertz CT molecular complexity index is 957. The molecule has 0 aliphatic rings. The van der Waals surface area contributed by atoms with Crippen molar-refractivity contribution in [3.8, 4) is 0 Å². The Morgan fingerprint density at radius 1 is 0.963 bits per heavy atom. The van der Waals surface area contributed by atoms with Gasteiger partial charge in [0, 0.05) is 19.8 Å². The number of hydrogen-bond donors (Lipinski definition) is 1. The third-order valence-electron chi connectivity index (χ3n) is 3.58. The van der Waals surface area contributed by atoms with Gasteiger partial charge in [0.1, 0.15) is 6.33 Å². The molecule has 0 aliphatic heterocycles.